The van der Waals surface area contributed by atoms with Gasteiger partial charge in [-0.2, -0.15) is 18.3 Å². The molecule has 0 spiro atoms. The Hall–Kier alpha value is -3.40. The van der Waals surface area contributed by atoms with Gasteiger partial charge in [-0.15, -0.1) is 0 Å². The predicted molar refractivity (Wildman–Crippen MR) is 120 cm³/mol. The Balaban J connectivity index is 1.64. The van der Waals surface area contributed by atoms with Crippen molar-refractivity contribution in [2.24, 2.45) is 0 Å². The normalized spacial score (nSPS) is 17.5. The summed E-state index contributed by atoms with van der Waals surface area (Å²) in [6, 6.07) is 9.19. The quantitative estimate of drug-likeness (QED) is 0.496. The zero-order valence-corrected chi connectivity index (χ0v) is 19.1. The summed E-state index contributed by atoms with van der Waals surface area (Å²) in [6.07, 6.45) is -3.73. The molecule has 34 heavy (non-hydrogen) atoms. The van der Waals surface area contributed by atoms with Gasteiger partial charge in [-0.3, -0.25) is 4.79 Å². The van der Waals surface area contributed by atoms with Gasteiger partial charge in [0.25, 0.3) is 5.91 Å². The van der Waals surface area contributed by atoms with Crippen LogP contribution in [0.3, 0.4) is 0 Å². The zero-order valence-electron chi connectivity index (χ0n) is 18.3. The third-order valence-corrected chi connectivity index (χ3v) is 5.87. The molecule has 2 unspecified atom stereocenters. The SMILES string of the molecule is COc1ccc(C2CC(C(F)(F)F)n3ncc(C(=O)NCc4cccc(Cl)c4)c3N2)cc1OC. The Bertz CT molecular complexity index is 1200. The van der Waals surface area contributed by atoms with Gasteiger partial charge in [-0.1, -0.05) is 29.8 Å². The largest absolute Gasteiger partial charge is 0.493 e. The molecule has 2 N–H and O–H groups in total. The zero-order chi connectivity index (χ0) is 24.5. The maximum atomic E-state index is 13.9. The average Bonchev–Trinajstić information content (AvgIpc) is 3.25. The van der Waals surface area contributed by atoms with E-state index in [0.717, 1.165) is 16.4 Å². The number of alkyl halides is 3. The second kappa shape index (κ2) is 9.46. The lowest BCUT2D eigenvalue weighted by molar-refractivity contribution is -0.173. The van der Waals surface area contributed by atoms with Crippen molar-refractivity contribution in [2.75, 3.05) is 19.5 Å². The third-order valence-electron chi connectivity index (χ3n) is 5.64. The van der Waals surface area contributed by atoms with Crippen LogP contribution in [0.2, 0.25) is 5.02 Å². The number of aromatic nitrogens is 2. The predicted octanol–water partition coefficient (Wildman–Crippen LogP) is 5.14. The molecule has 2 aromatic carbocycles. The molecule has 180 valence electrons. The molecule has 11 heteroatoms. The number of rotatable bonds is 6. The number of nitrogens with zero attached hydrogens (tertiary/aromatic N) is 2. The van der Waals surface area contributed by atoms with E-state index in [4.69, 9.17) is 21.1 Å². The molecular weight excluding hydrogens is 473 g/mol. The highest BCUT2D eigenvalue weighted by Gasteiger charge is 2.47. The molecule has 0 aliphatic carbocycles. The molecule has 0 fully saturated rings. The Morgan fingerprint density at radius 3 is 2.65 bits per heavy atom. The Morgan fingerprint density at radius 2 is 1.97 bits per heavy atom. The number of fused-ring (bicyclic) bond motifs is 1. The summed E-state index contributed by atoms with van der Waals surface area (Å²) in [6.45, 7) is 0.159. The first kappa shape index (κ1) is 23.7. The topological polar surface area (TPSA) is 77.4 Å². The van der Waals surface area contributed by atoms with Crippen molar-refractivity contribution >= 4 is 23.3 Å². The summed E-state index contributed by atoms with van der Waals surface area (Å²) in [7, 11) is 2.93. The molecule has 1 aromatic heterocycles. The lowest BCUT2D eigenvalue weighted by Gasteiger charge is -2.34. The monoisotopic (exact) mass is 494 g/mol. The van der Waals surface area contributed by atoms with Gasteiger partial charge in [0.15, 0.2) is 17.5 Å². The summed E-state index contributed by atoms with van der Waals surface area (Å²) in [4.78, 5) is 12.9. The van der Waals surface area contributed by atoms with E-state index >= 15 is 0 Å². The van der Waals surface area contributed by atoms with Crippen molar-refractivity contribution in [1.82, 2.24) is 15.1 Å². The summed E-state index contributed by atoms with van der Waals surface area (Å²) >= 11 is 5.97. The van der Waals surface area contributed by atoms with Crippen molar-refractivity contribution in [2.45, 2.75) is 31.2 Å². The standard InChI is InChI=1S/C23H22ClF3N4O3/c1-33-18-7-6-14(9-19(18)34-2)17-10-20(23(25,26)27)31-21(30-17)16(12-29-31)22(32)28-11-13-4-3-5-15(24)8-13/h3-9,12,17,20,30H,10-11H2,1-2H3,(H,28,32). The van der Waals surface area contributed by atoms with Gasteiger partial charge in [0.1, 0.15) is 11.4 Å². The second-order valence-electron chi connectivity index (χ2n) is 7.77. The number of anilines is 1. The van der Waals surface area contributed by atoms with Crippen LogP contribution in [-0.4, -0.2) is 36.1 Å². The van der Waals surface area contributed by atoms with Gasteiger partial charge >= 0.3 is 6.18 Å². The summed E-state index contributed by atoms with van der Waals surface area (Å²) in [5, 5.41) is 10.2. The van der Waals surface area contributed by atoms with Gasteiger partial charge in [-0.05, 0) is 35.4 Å². The molecule has 0 radical (unpaired) electrons. The van der Waals surface area contributed by atoms with Gasteiger partial charge in [0, 0.05) is 18.0 Å². The van der Waals surface area contributed by atoms with E-state index in [-0.39, 0.29) is 24.3 Å². The van der Waals surface area contributed by atoms with Crippen molar-refractivity contribution in [3.05, 3.63) is 70.4 Å². The Labute approximate surface area is 198 Å². The van der Waals surface area contributed by atoms with E-state index in [1.165, 1.54) is 14.2 Å². The summed E-state index contributed by atoms with van der Waals surface area (Å²) < 4.78 is 53.2. The number of amides is 1. The highest BCUT2D eigenvalue weighted by molar-refractivity contribution is 6.30. The van der Waals surface area contributed by atoms with Crippen LogP contribution in [0, 0.1) is 0 Å². The third kappa shape index (κ3) is 4.77. The molecule has 1 aliphatic heterocycles. The molecule has 1 aliphatic rings. The highest BCUT2D eigenvalue weighted by atomic mass is 35.5. The van der Waals surface area contributed by atoms with Gasteiger partial charge < -0.3 is 20.1 Å². The second-order valence-corrected chi connectivity index (χ2v) is 8.20. The van der Waals surface area contributed by atoms with Gasteiger partial charge in [-0.25, -0.2) is 4.68 Å². The van der Waals surface area contributed by atoms with E-state index < -0.39 is 24.2 Å². The molecule has 2 heterocycles. The van der Waals surface area contributed by atoms with Crippen molar-refractivity contribution in [3.8, 4) is 11.5 Å². The van der Waals surface area contributed by atoms with Crippen LogP contribution in [0.25, 0.3) is 0 Å². The molecule has 0 saturated carbocycles. The van der Waals surface area contributed by atoms with Crippen molar-refractivity contribution < 1.29 is 27.4 Å². The minimum Gasteiger partial charge on any atom is -0.493 e. The fraction of sp³-hybridized carbons (Fsp3) is 0.304. The highest BCUT2D eigenvalue weighted by Crippen LogP contribution is 2.45. The van der Waals surface area contributed by atoms with Crippen LogP contribution < -0.4 is 20.1 Å². The van der Waals surface area contributed by atoms with Crippen molar-refractivity contribution in [1.29, 1.82) is 0 Å². The van der Waals surface area contributed by atoms with Gasteiger partial charge in [0.05, 0.1) is 26.5 Å². The number of benzene rings is 2. The van der Waals surface area contributed by atoms with E-state index in [1.54, 1.807) is 42.5 Å². The number of halogens is 4. The number of hydrogen-bond donors (Lipinski definition) is 2. The molecular formula is C23H22ClF3N4O3. The van der Waals surface area contributed by atoms with E-state index in [1.807, 2.05) is 0 Å². The fourth-order valence-corrected chi connectivity index (χ4v) is 4.15. The number of methoxy groups -OCH3 is 2. The van der Waals surface area contributed by atoms with E-state index in [0.29, 0.717) is 22.1 Å². The minimum absolute atomic E-state index is 0.00282. The fourth-order valence-electron chi connectivity index (χ4n) is 3.94. The van der Waals surface area contributed by atoms with Crippen LogP contribution in [0.5, 0.6) is 11.5 Å². The smallest absolute Gasteiger partial charge is 0.410 e. The van der Waals surface area contributed by atoms with Gasteiger partial charge in [0.2, 0.25) is 0 Å². The lowest BCUT2D eigenvalue weighted by Crippen LogP contribution is -2.36. The molecule has 7 nitrogen and oxygen atoms in total. The molecule has 2 atom stereocenters. The minimum atomic E-state index is -4.56. The number of carbonyl (C=O) groups is 1. The van der Waals surface area contributed by atoms with Crippen molar-refractivity contribution in [3.63, 3.8) is 0 Å². The van der Waals surface area contributed by atoms with Crippen LogP contribution in [-0.2, 0) is 6.54 Å². The molecule has 4 rings (SSSR count). The Morgan fingerprint density at radius 1 is 1.21 bits per heavy atom. The molecule has 3 aromatic rings. The molecule has 1 amide bonds. The maximum absolute atomic E-state index is 13.9. The number of nitrogens with one attached hydrogen (secondary N) is 2. The van der Waals surface area contributed by atoms with Crippen LogP contribution in [0.1, 0.15) is 40.0 Å². The number of carbonyl (C=O) groups excluding carboxylic acids is 1. The first-order chi connectivity index (χ1) is 16.2. The summed E-state index contributed by atoms with van der Waals surface area (Å²) in [5.41, 5.74) is 1.33. The first-order valence-corrected chi connectivity index (χ1v) is 10.7. The molecule has 0 saturated heterocycles. The number of hydrogen-bond acceptors (Lipinski definition) is 5. The van der Waals surface area contributed by atoms with E-state index in [2.05, 4.69) is 15.7 Å². The van der Waals surface area contributed by atoms with Crippen LogP contribution >= 0.6 is 11.6 Å². The van der Waals surface area contributed by atoms with E-state index in [9.17, 15) is 18.0 Å². The lowest BCUT2D eigenvalue weighted by atomic mass is 9.96. The first-order valence-electron chi connectivity index (χ1n) is 10.4. The molecule has 0 bridgehead atoms. The summed E-state index contributed by atoms with van der Waals surface area (Å²) in [5.74, 6) is 0.295. The maximum Gasteiger partial charge on any atom is 0.410 e. The number of ether oxygens (including phenoxy) is 2. The van der Waals surface area contributed by atoms with Crippen LogP contribution in [0.15, 0.2) is 48.7 Å². The Kier molecular flexibility index (Phi) is 6.60. The van der Waals surface area contributed by atoms with Crippen LogP contribution in [0.4, 0.5) is 19.0 Å². The average molecular weight is 495 g/mol.